The van der Waals surface area contributed by atoms with E-state index in [4.69, 9.17) is 5.73 Å². The van der Waals surface area contributed by atoms with E-state index in [1.54, 1.807) is 0 Å². The van der Waals surface area contributed by atoms with Crippen LogP contribution in [0.3, 0.4) is 0 Å². The molecule has 1 rings (SSSR count). The summed E-state index contributed by atoms with van der Waals surface area (Å²) in [5.74, 6) is -0.671. The highest BCUT2D eigenvalue weighted by Gasteiger charge is 2.06. The van der Waals surface area contributed by atoms with Gasteiger partial charge in [-0.25, -0.2) is 4.39 Å². The number of rotatable bonds is 4. The number of amides is 1. The second kappa shape index (κ2) is 5.72. The SMILES string of the molecule is NCCCNC(=O)c1ccc(F)c(S)c1. The number of hydrogen-bond acceptors (Lipinski definition) is 3. The minimum atomic E-state index is -0.433. The molecule has 0 fully saturated rings. The molecule has 0 aliphatic heterocycles. The van der Waals surface area contributed by atoms with Crippen molar-refractivity contribution in [2.45, 2.75) is 11.3 Å². The molecule has 0 saturated heterocycles. The fraction of sp³-hybridized carbons (Fsp3) is 0.300. The van der Waals surface area contributed by atoms with E-state index in [1.165, 1.54) is 18.2 Å². The maximum atomic E-state index is 12.8. The van der Waals surface area contributed by atoms with E-state index in [1.807, 2.05) is 0 Å². The van der Waals surface area contributed by atoms with Crippen LogP contribution in [0.25, 0.3) is 0 Å². The van der Waals surface area contributed by atoms with Gasteiger partial charge in [0.25, 0.3) is 5.91 Å². The summed E-state index contributed by atoms with van der Waals surface area (Å²) >= 11 is 3.90. The van der Waals surface area contributed by atoms with Crippen molar-refractivity contribution in [1.82, 2.24) is 5.32 Å². The summed E-state index contributed by atoms with van der Waals surface area (Å²) in [6, 6.07) is 4.04. The summed E-state index contributed by atoms with van der Waals surface area (Å²) in [4.78, 5) is 11.6. The zero-order chi connectivity index (χ0) is 11.3. The lowest BCUT2D eigenvalue weighted by molar-refractivity contribution is 0.0953. The van der Waals surface area contributed by atoms with E-state index < -0.39 is 5.82 Å². The van der Waals surface area contributed by atoms with E-state index >= 15 is 0 Å². The molecular weight excluding hydrogens is 215 g/mol. The van der Waals surface area contributed by atoms with E-state index in [0.717, 1.165) is 6.42 Å². The van der Waals surface area contributed by atoms with Crippen molar-refractivity contribution in [2.75, 3.05) is 13.1 Å². The molecule has 0 radical (unpaired) electrons. The first-order valence-corrected chi connectivity index (χ1v) is 5.06. The normalized spacial score (nSPS) is 10.1. The molecule has 3 nitrogen and oxygen atoms in total. The van der Waals surface area contributed by atoms with Gasteiger partial charge in [-0.1, -0.05) is 0 Å². The van der Waals surface area contributed by atoms with Crippen LogP contribution in [0.1, 0.15) is 16.8 Å². The molecule has 15 heavy (non-hydrogen) atoms. The second-order valence-electron chi connectivity index (χ2n) is 3.06. The van der Waals surface area contributed by atoms with Gasteiger partial charge < -0.3 is 11.1 Å². The maximum Gasteiger partial charge on any atom is 0.251 e. The smallest absolute Gasteiger partial charge is 0.251 e. The monoisotopic (exact) mass is 228 g/mol. The summed E-state index contributed by atoms with van der Waals surface area (Å²) < 4.78 is 12.8. The molecule has 1 aromatic rings. The Kier molecular flexibility index (Phi) is 4.58. The van der Waals surface area contributed by atoms with E-state index in [2.05, 4.69) is 17.9 Å². The van der Waals surface area contributed by atoms with E-state index in [-0.39, 0.29) is 10.8 Å². The van der Waals surface area contributed by atoms with Gasteiger partial charge in [-0.3, -0.25) is 4.79 Å². The van der Waals surface area contributed by atoms with Crippen molar-refractivity contribution in [2.24, 2.45) is 5.73 Å². The molecule has 0 aliphatic carbocycles. The summed E-state index contributed by atoms with van der Waals surface area (Å²) in [6.45, 7) is 1.05. The highest BCUT2D eigenvalue weighted by molar-refractivity contribution is 7.80. The van der Waals surface area contributed by atoms with Gasteiger partial charge in [0.05, 0.1) is 0 Å². The third-order valence-corrected chi connectivity index (χ3v) is 2.22. The summed E-state index contributed by atoms with van der Waals surface area (Å²) in [6.07, 6.45) is 0.723. The number of benzene rings is 1. The molecule has 0 atom stereocenters. The van der Waals surface area contributed by atoms with Crippen LogP contribution in [-0.4, -0.2) is 19.0 Å². The molecule has 3 N–H and O–H groups in total. The van der Waals surface area contributed by atoms with Crippen molar-refractivity contribution in [3.05, 3.63) is 29.6 Å². The highest BCUT2D eigenvalue weighted by Crippen LogP contribution is 2.13. The van der Waals surface area contributed by atoms with E-state index in [0.29, 0.717) is 18.7 Å². The lowest BCUT2D eigenvalue weighted by Gasteiger charge is -2.04. The van der Waals surface area contributed by atoms with Crippen LogP contribution in [0, 0.1) is 5.82 Å². The molecule has 1 aromatic carbocycles. The van der Waals surface area contributed by atoms with Crippen molar-refractivity contribution >= 4 is 18.5 Å². The third-order valence-electron chi connectivity index (χ3n) is 1.87. The average Bonchev–Trinajstić information content (AvgIpc) is 2.22. The van der Waals surface area contributed by atoms with Gasteiger partial charge in [0.2, 0.25) is 0 Å². The first-order valence-electron chi connectivity index (χ1n) is 4.62. The molecule has 0 saturated carbocycles. The molecule has 0 bridgehead atoms. The van der Waals surface area contributed by atoms with E-state index in [9.17, 15) is 9.18 Å². The first-order chi connectivity index (χ1) is 7.15. The Hall–Kier alpha value is -1.07. The fourth-order valence-corrected chi connectivity index (χ4v) is 1.27. The predicted octanol–water partition coefficient (Wildman–Crippen LogP) is 1.19. The fourth-order valence-electron chi connectivity index (χ4n) is 1.06. The Morgan fingerprint density at radius 2 is 2.27 bits per heavy atom. The van der Waals surface area contributed by atoms with Gasteiger partial charge in [-0.15, -0.1) is 12.6 Å². The van der Waals surface area contributed by atoms with Crippen LogP contribution in [0.5, 0.6) is 0 Å². The standard InChI is InChI=1S/C10H13FN2OS/c11-8-3-2-7(6-9(8)15)10(14)13-5-1-4-12/h2-3,6,15H,1,4-5,12H2,(H,13,14). The lowest BCUT2D eigenvalue weighted by Crippen LogP contribution is -2.25. The van der Waals surface area contributed by atoms with Gasteiger partial charge >= 0.3 is 0 Å². The molecular formula is C10H13FN2OS. The number of carbonyl (C=O) groups excluding carboxylic acids is 1. The molecule has 0 aliphatic rings. The Morgan fingerprint density at radius 3 is 2.87 bits per heavy atom. The number of nitrogens with two attached hydrogens (primary N) is 1. The van der Waals surface area contributed by atoms with Crippen LogP contribution < -0.4 is 11.1 Å². The molecule has 0 heterocycles. The molecule has 5 heteroatoms. The molecule has 0 spiro atoms. The first kappa shape index (κ1) is 12.0. The number of halogens is 1. The van der Waals surface area contributed by atoms with Crippen LogP contribution in [0.4, 0.5) is 4.39 Å². The zero-order valence-electron chi connectivity index (χ0n) is 8.16. The number of thiol groups is 1. The van der Waals surface area contributed by atoms with Gasteiger partial charge in [0.15, 0.2) is 0 Å². The maximum absolute atomic E-state index is 12.8. The van der Waals surface area contributed by atoms with Crippen molar-refractivity contribution in [3.8, 4) is 0 Å². The Bertz CT molecular complexity index is 357. The van der Waals surface area contributed by atoms with Crippen molar-refractivity contribution in [3.63, 3.8) is 0 Å². The van der Waals surface area contributed by atoms with Crippen molar-refractivity contribution < 1.29 is 9.18 Å². The van der Waals surface area contributed by atoms with Gasteiger partial charge in [-0.2, -0.15) is 0 Å². The Morgan fingerprint density at radius 1 is 1.53 bits per heavy atom. The van der Waals surface area contributed by atoms with Gasteiger partial charge in [0.1, 0.15) is 5.82 Å². The van der Waals surface area contributed by atoms with Crippen LogP contribution in [0.2, 0.25) is 0 Å². The van der Waals surface area contributed by atoms with Crippen LogP contribution >= 0.6 is 12.6 Å². The largest absolute Gasteiger partial charge is 0.352 e. The Balaban J connectivity index is 2.62. The summed E-state index contributed by atoms with van der Waals surface area (Å²) in [7, 11) is 0. The molecule has 1 amide bonds. The van der Waals surface area contributed by atoms with Crippen LogP contribution in [-0.2, 0) is 0 Å². The minimum absolute atomic E-state index is 0.168. The Labute approximate surface area is 93.3 Å². The molecule has 0 aromatic heterocycles. The summed E-state index contributed by atoms with van der Waals surface area (Å²) in [5, 5.41) is 2.67. The predicted molar refractivity (Wildman–Crippen MR) is 59.7 cm³/mol. The summed E-state index contributed by atoms with van der Waals surface area (Å²) in [5.41, 5.74) is 5.69. The molecule has 0 unspecified atom stereocenters. The second-order valence-corrected chi connectivity index (χ2v) is 3.55. The third kappa shape index (κ3) is 3.53. The number of nitrogens with one attached hydrogen (secondary N) is 1. The number of carbonyl (C=O) groups is 1. The highest BCUT2D eigenvalue weighted by atomic mass is 32.1. The average molecular weight is 228 g/mol. The zero-order valence-corrected chi connectivity index (χ0v) is 9.06. The topological polar surface area (TPSA) is 55.1 Å². The van der Waals surface area contributed by atoms with Gasteiger partial charge in [-0.05, 0) is 31.2 Å². The number of hydrogen-bond donors (Lipinski definition) is 3. The minimum Gasteiger partial charge on any atom is -0.352 e. The van der Waals surface area contributed by atoms with Crippen LogP contribution in [0.15, 0.2) is 23.1 Å². The molecule has 82 valence electrons. The quantitative estimate of drug-likeness (QED) is 0.535. The van der Waals surface area contributed by atoms with Gasteiger partial charge in [0, 0.05) is 17.0 Å². The lowest BCUT2D eigenvalue weighted by atomic mass is 10.2. The van der Waals surface area contributed by atoms with Crippen molar-refractivity contribution in [1.29, 1.82) is 0 Å².